The summed E-state index contributed by atoms with van der Waals surface area (Å²) in [6.07, 6.45) is 3.75. The number of carbonyl (C=O) groups excluding carboxylic acids is 1. The summed E-state index contributed by atoms with van der Waals surface area (Å²) in [5.74, 6) is 0.855. The maximum atomic E-state index is 12.8. The second-order valence-electron chi connectivity index (χ2n) is 6.67. The predicted molar refractivity (Wildman–Crippen MR) is 112 cm³/mol. The molecule has 1 amide bonds. The van der Waals surface area contributed by atoms with Gasteiger partial charge in [0, 0.05) is 35.8 Å². The van der Waals surface area contributed by atoms with Crippen LogP contribution >= 0.6 is 0 Å². The highest BCUT2D eigenvalue weighted by atomic mass is 16.1. The van der Waals surface area contributed by atoms with Gasteiger partial charge in [-0.2, -0.15) is 0 Å². The zero-order valence-electron chi connectivity index (χ0n) is 15.7. The van der Waals surface area contributed by atoms with Crippen LogP contribution in [-0.2, 0) is 6.54 Å². The summed E-state index contributed by atoms with van der Waals surface area (Å²) in [7, 11) is 0. The Bertz CT molecular complexity index is 1080. The molecule has 138 valence electrons. The zero-order chi connectivity index (χ0) is 19.3. The molecule has 0 spiro atoms. The molecule has 0 fully saturated rings. The lowest BCUT2D eigenvalue weighted by Crippen LogP contribution is -2.12. The Morgan fingerprint density at radius 3 is 2.36 bits per heavy atom. The lowest BCUT2D eigenvalue weighted by Gasteiger charge is -2.12. The maximum absolute atomic E-state index is 12.8. The molecule has 3 aromatic carbocycles. The number of hydrogen-bond acceptors (Lipinski definition) is 2. The molecule has 4 heteroatoms. The summed E-state index contributed by atoms with van der Waals surface area (Å²) in [6.45, 7) is 2.72. The van der Waals surface area contributed by atoms with Gasteiger partial charge in [0.25, 0.3) is 5.91 Å². The van der Waals surface area contributed by atoms with E-state index in [1.165, 1.54) is 0 Å². The first-order chi connectivity index (χ1) is 13.7. The molecule has 0 saturated carbocycles. The van der Waals surface area contributed by atoms with Gasteiger partial charge in [0.1, 0.15) is 5.82 Å². The standard InChI is InChI=1S/C24H21N3O/c1-18-25-15-16-27(18)17-19-11-13-21(14-12-19)24(28)26-23-10-6-5-9-22(23)20-7-3-2-4-8-20/h2-16H,17H2,1H3,(H,26,28). The number of anilines is 1. The second kappa shape index (κ2) is 7.92. The predicted octanol–water partition coefficient (Wildman–Crippen LogP) is 5.16. The third-order valence-electron chi connectivity index (χ3n) is 4.75. The van der Waals surface area contributed by atoms with Crippen LogP contribution in [0, 0.1) is 6.92 Å². The van der Waals surface area contributed by atoms with Gasteiger partial charge in [0.15, 0.2) is 0 Å². The van der Waals surface area contributed by atoms with Gasteiger partial charge in [-0.05, 0) is 36.2 Å². The highest BCUT2D eigenvalue weighted by Gasteiger charge is 2.10. The van der Waals surface area contributed by atoms with E-state index >= 15 is 0 Å². The van der Waals surface area contributed by atoms with Gasteiger partial charge in [-0.25, -0.2) is 4.98 Å². The number of carbonyl (C=O) groups is 1. The Morgan fingerprint density at radius 1 is 0.929 bits per heavy atom. The van der Waals surface area contributed by atoms with Crippen molar-refractivity contribution in [2.24, 2.45) is 0 Å². The molecule has 4 aromatic rings. The number of hydrogen-bond donors (Lipinski definition) is 1. The van der Waals surface area contributed by atoms with Crippen molar-refractivity contribution in [1.29, 1.82) is 0 Å². The van der Waals surface area contributed by atoms with Crippen LogP contribution in [0.25, 0.3) is 11.1 Å². The number of aryl methyl sites for hydroxylation is 1. The lowest BCUT2D eigenvalue weighted by molar-refractivity contribution is 0.102. The van der Waals surface area contributed by atoms with E-state index in [4.69, 9.17) is 0 Å². The SMILES string of the molecule is Cc1nccn1Cc1ccc(C(=O)Nc2ccccc2-c2ccccc2)cc1. The Hall–Kier alpha value is -3.66. The first-order valence-electron chi connectivity index (χ1n) is 9.23. The largest absolute Gasteiger partial charge is 0.331 e. The highest BCUT2D eigenvalue weighted by Crippen LogP contribution is 2.27. The van der Waals surface area contributed by atoms with Crippen LogP contribution < -0.4 is 5.32 Å². The molecule has 0 saturated heterocycles. The number of nitrogens with zero attached hydrogens (tertiary/aromatic N) is 2. The van der Waals surface area contributed by atoms with Crippen molar-refractivity contribution >= 4 is 11.6 Å². The molecule has 1 aromatic heterocycles. The highest BCUT2D eigenvalue weighted by molar-refractivity contribution is 6.06. The lowest BCUT2D eigenvalue weighted by atomic mass is 10.0. The number of benzene rings is 3. The third-order valence-corrected chi connectivity index (χ3v) is 4.75. The summed E-state index contributed by atoms with van der Waals surface area (Å²) in [4.78, 5) is 17.0. The summed E-state index contributed by atoms with van der Waals surface area (Å²) >= 11 is 0. The van der Waals surface area contributed by atoms with Crippen LogP contribution in [-0.4, -0.2) is 15.5 Å². The van der Waals surface area contributed by atoms with Gasteiger partial charge in [-0.3, -0.25) is 4.79 Å². The molecule has 0 unspecified atom stereocenters. The van der Waals surface area contributed by atoms with Gasteiger partial charge >= 0.3 is 0 Å². The van der Waals surface area contributed by atoms with E-state index in [9.17, 15) is 4.79 Å². The first kappa shape index (κ1) is 17.7. The van der Waals surface area contributed by atoms with Crippen molar-refractivity contribution in [2.45, 2.75) is 13.5 Å². The van der Waals surface area contributed by atoms with Crippen molar-refractivity contribution in [1.82, 2.24) is 9.55 Å². The summed E-state index contributed by atoms with van der Waals surface area (Å²) in [5.41, 5.74) is 4.64. The van der Waals surface area contributed by atoms with Crippen LogP contribution in [0.5, 0.6) is 0 Å². The van der Waals surface area contributed by atoms with Crippen molar-refractivity contribution in [2.75, 3.05) is 5.32 Å². The number of aromatic nitrogens is 2. The Balaban J connectivity index is 1.51. The first-order valence-corrected chi connectivity index (χ1v) is 9.23. The normalized spacial score (nSPS) is 10.6. The molecule has 28 heavy (non-hydrogen) atoms. The molecule has 1 heterocycles. The quantitative estimate of drug-likeness (QED) is 0.530. The molecule has 0 atom stereocenters. The maximum Gasteiger partial charge on any atom is 0.255 e. The van der Waals surface area contributed by atoms with E-state index in [-0.39, 0.29) is 5.91 Å². The second-order valence-corrected chi connectivity index (χ2v) is 6.67. The average molecular weight is 367 g/mol. The van der Waals surface area contributed by atoms with Crippen molar-refractivity contribution in [3.63, 3.8) is 0 Å². The minimum atomic E-state index is -0.117. The molecule has 0 aliphatic rings. The average Bonchev–Trinajstić information content (AvgIpc) is 3.14. The van der Waals surface area contributed by atoms with Gasteiger partial charge in [-0.1, -0.05) is 60.7 Å². The Morgan fingerprint density at radius 2 is 1.64 bits per heavy atom. The van der Waals surface area contributed by atoms with E-state index in [0.717, 1.165) is 34.7 Å². The minimum absolute atomic E-state index is 0.117. The van der Waals surface area contributed by atoms with E-state index in [1.54, 1.807) is 6.20 Å². The van der Waals surface area contributed by atoms with Gasteiger partial charge in [0.05, 0.1) is 0 Å². The molecule has 0 bridgehead atoms. The summed E-state index contributed by atoms with van der Waals surface area (Å²) < 4.78 is 2.07. The fourth-order valence-electron chi connectivity index (χ4n) is 3.19. The minimum Gasteiger partial charge on any atom is -0.331 e. The number of nitrogens with one attached hydrogen (secondary N) is 1. The summed E-state index contributed by atoms with van der Waals surface area (Å²) in [6, 6.07) is 25.6. The van der Waals surface area contributed by atoms with Crippen LogP contribution in [0.2, 0.25) is 0 Å². The van der Waals surface area contributed by atoms with Crippen LogP contribution in [0.3, 0.4) is 0 Å². The van der Waals surface area contributed by atoms with E-state index in [1.807, 2.05) is 92.0 Å². The van der Waals surface area contributed by atoms with Crippen molar-refractivity contribution in [3.05, 3.63) is 108 Å². The van der Waals surface area contributed by atoms with Gasteiger partial charge < -0.3 is 9.88 Å². The number of para-hydroxylation sites is 1. The molecule has 4 nitrogen and oxygen atoms in total. The fourth-order valence-corrected chi connectivity index (χ4v) is 3.19. The van der Waals surface area contributed by atoms with Gasteiger partial charge in [0.2, 0.25) is 0 Å². The van der Waals surface area contributed by atoms with E-state index in [0.29, 0.717) is 5.56 Å². The molecule has 1 N–H and O–H groups in total. The molecule has 0 radical (unpaired) electrons. The molecular weight excluding hydrogens is 346 g/mol. The number of rotatable bonds is 5. The monoisotopic (exact) mass is 367 g/mol. The smallest absolute Gasteiger partial charge is 0.255 e. The van der Waals surface area contributed by atoms with Crippen molar-refractivity contribution in [3.8, 4) is 11.1 Å². The van der Waals surface area contributed by atoms with Crippen LogP contribution in [0.4, 0.5) is 5.69 Å². The summed E-state index contributed by atoms with van der Waals surface area (Å²) in [5, 5.41) is 3.05. The van der Waals surface area contributed by atoms with Crippen molar-refractivity contribution < 1.29 is 4.79 Å². The fraction of sp³-hybridized carbons (Fsp3) is 0.0833. The Kier molecular flexibility index (Phi) is 5.02. The zero-order valence-corrected chi connectivity index (χ0v) is 15.7. The van der Waals surface area contributed by atoms with Gasteiger partial charge in [-0.15, -0.1) is 0 Å². The van der Waals surface area contributed by atoms with E-state index in [2.05, 4.69) is 14.9 Å². The molecule has 0 aliphatic heterocycles. The third kappa shape index (κ3) is 3.86. The van der Waals surface area contributed by atoms with E-state index < -0.39 is 0 Å². The van der Waals surface area contributed by atoms with Crippen LogP contribution in [0.15, 0.2) is 91.3 Å². The topological polar surface area (TPSA) is 46.9 Å². The number of imidazole rings is 1. The Labute approximate surface area is 164 Å². The van der Waals surface area contributed by atoms with Crippen LogP contribution in [0.1, 0.15) is 21.7 Å². The molecular formula is C24H21N3O. The number of amides is 1. The molecule has 4 rings (SSSR count). The molecule has 0 aliphatic carbocycles.